The topological polar surface area (TPSA) is 90.0 Å². The van der Waals surface area contributed by atoms with Crippen molar-refractivity contribution in [3.63, 3.8) is 0 Å². The van der Waals surface area contributed by atoms with E-state index in [4.69, 9.17) is 4.42 Å². The third-order valence-electron chi connectivity index (χ3n) is 3.18. The smallest absolute Gasteiger partial charge is 0.301 e. The summed E-state index contributed by atoms with van der Waals surface area (Å²) in [6.45, 7) is 4.01. The van der Waals surface area contributed by atoms with Gasteiger partial charge in [-0.25, -0.2) is 4.98 Å². The zero-order valence-electron chi connectivity index (χ0n) is 12.8. The van der Waals surface area contributed by atoms with E-state index in [1.165, 1.54) is 28.5 Å². The van der Waals surface area contributed by atoms with Gasteiger partial charge >= 0.3 is 6.01 Å². The Hall–Kier alpha value is -2.48. The van der Waals surface area contributed by atoms with Gasteiger partial charge in [0, 0.05) is 0 Å². The van der Waals surface area contributed by atoms with Gasteiger partial charge in [0.2, 0.25) is 5.91 Å². The van der Waals surface area contributed by atoms with Gasteiger partial charge in [-0.3, -0.25) is 19.5 Å². The zero-order valence-corrected chi connectivity index (χ0v) is 13.6. The average molecular weight is 332 g/mol. The van der Waals surface area contributed by atoms with Crippen molar-refractivity contribution in [1.82, 2.24) is 14.5 Å². The molecule has 0 bridgehead atoms. The fraction of sp³-hybridized carbons (Fsp3) is 0.333. The van der Waals surface area contributed by atoms with E-state index in [1.54, 1.807) is 11.4 Å². The van der Waals surface area contributed by atoms with Gasteiger partial charge in [-0.15, -0.1) is 11.3 Å². The second-order valence-electron chi connectivity index (χ2n) is 5.61. The minimum Gasteiger partial charge on any atom is -0.432 e. The van der Waals surface area contributed by atoms with Crippen LogP contribution in [0.15, 0.2) is 33.2 Å². The molecule has 8 heteroatoms. The van der Waals surface area contributed by atoms with E-state index in [1.807, 2.05) is 0 Å². The van der Waals surface area contributed by atoms with Crippen molar-refractivity contribution >= 4 is 33.5 Å². The van der Waals surface area contributed by atoms with Crippen LogP contribution in [0.1, 0.15) is 19.5 Å². The summed E-state index contributed by atoms with van der Waals surface area (Å²) in [4.78, 5) is 33.3. The van der Waals surface area contributed by atoms with Crippen molar-refractivity contribution < 1.29 is 9.21 Å². The van der Waals surface area contributed by atoms with Crippen LogP contribution in [0.5, 0.6) is 0 Å². The van der Waals surface area contributed by atoms with E-state index in [2.05, 4.69) is 29.1 Å². The fourth-order valence-corrected chi connectivity index (χ4v) is 2.92. The SMILES string of the molecule is CC(C)Cc1coc(NC(=O)Cn2cnc3sccc3c2=O)n1. The standard InChI is InChI=1S/C15H16N4O3S/c1-9(2)5-10-7-22-15(17-10)18-12(20)6-19-8-16-13-11(14(19)21)3-4-23-13/h3-4,7-9H,5-6H2,1-2H3,(H,17,18,20). The number of carbonyl (C=O) groups excluding carboxylic acids is 1. The summed E-state index contributed by atoms with van der Waals surface area (Å²) < 4.78 is 6.48. The molecule has 0 aliphatic heterocycles. The number of thiophene rings is 1. The van der Waals surface area contributed by atoms with E-state index in [9.17, 15) is 9.59 Å². The number of hydrogen-bond acceptors (Lipinski definition) is 6. The summed E-state index contributed by atoms with van der Waals surface area (Å²) in [6, 6.07) is 1.85. The van der Waals surface area contributed by atoms with Crippen LogP contribution in [-0.4, -0.2) is 20.4 Å². The largest absolute Gasteiger partial charge is 0.432 e. The first-order chi connectivity index (χ1) is 11.0. The van der Waals surface area contributed by atoms with Gasteiger partial charge in [0.15, 0.2) is 0 Å². The minimum absolute atomic E-state index is 0.139. The molecule has 1 amide bonds. The van der Waals surface area contributed by atoms with Gasteiger partial charge in [-0.2, -0.15) is 4.98 Å². The van der Waals surface area contributed by atoms with E-state index in [-0.39, 0.29) is 24.0 Å². The van der Waals surface area contributed by atoms with Crippen molar-refractivity contribution in [1.29, 1.82) is 0 Å². The molecule has 0 aliphatic carbocycles. The molecule has 0 aromatic carbocycles. The number of carbonyl (C=O) groups is 1. The van der Waals surface area contributed by atoms with Gasteiger partial charge in [-0.1, -0.05) is 13.8 Å². The highest BCUT2D eigenvalue weighted by Gasteiger charge is 2.12. The van der Waals surface area contributed by atoms with Gasteiger partial charge in [-0.05, 0) is 23.8 Å². The molecule has 7 nitrogen and oxygen atoms in total. The Morgan fingerprint density at radius 1 is 1.48 bits per heavy atom. The molecule has 23 heavy (non-hydrogen) atoms. The lowest BCUT2D eigenvalue weighted by Crippen LogP contribution is -2.27. The summed E-state index contributed by atoms with van der Waals surface area (Å²) in [5.74, 6) is 0.0621. The number of oxazole rings is 1. The molecule has 0 fully saturated rings. The second-order valence-corrected chi connectivity index (χ2v) is 6.50. The van der Waals surface area contributed by atoms with Crippen LogP contribution < -0.4 is 10.9 Å². The third kappa shape index (κ3) is 3.48. The Balaban J connectivity index is 1.70. The molecule has 0 radical (unpaired) electrons. The van der Waals surface area contributed by atoms with Gasteiger partial charge < -0.3 is 4.42 Å². The first-order valence-corrected chi connectivity index (χ1v) is 8.08. The van der Waals surface area contributed by atoms with Crippen molar-refractivity contribution in [2.24, 2.45) is 5.92 Å². The Kier molecular flexibility index (Phi) is 4.24. The number of aromatic nitrogens is 3. The molecule has 0 aliphatic rings. The number of fused-ring (bicyclic) bond motifs is 1. The number of rotatable bonds is 5. The van der Waals surface area contributed by atoms with Crippen LogP contribution in [-0.2, 0) is 17.8 Å². The zero-order chi connectivity index (χ0) is 16.4. The lowest BCUT2D eigenvalue weighted by molar-refractivity contribution is -0.116. The molecule has 0 spiro atoms. The lowest BCUT2D eigenvalue weighted by atomic mass is 10.1. The summed E-state index contributed by atoms with van der Waals surface area (Å²) in [5, 5.41) is 4.86. The molecular weight excluding hydrogens is 316 g/mol. The highest BCUT2D eigenvalue weighted by atomic mass is 32.1. The lowest BCUT2D eigenvalue weighted by Gasteiger charge is -2.04. The van der Waals surface area contributed by atoms with Crippen LogP contribution in [0, 0.1) is 5.92 Å². The average Bonchev–Trinajstić information content (AvgIpc) is 3.11. The van der Waals surface area contributed by atoms with Crippen LogP contribution in [0.3, 0.4) is 0 Å². The van der Waals surface area contributed by atoms with E-state index in [0.29, 0.717) is 16.1 Å². The third-order valence-corrected chi connectivity index (χ3v) is 4.00. The second kappa shape index (κ2) is 6.33. The molecule has 120 valence electrons. The van der Waals surface area contributed by atoms with Crippen molar-refractivity contribution in [3.8, 4) is 0 Å². The predicted octanol–water partition coefficient (Wildman–Crippen LogP) is 2.28. The maximum absolute atomic E-state index is 12.2. The maximum Gasteiger partial charge on any atom is 0.301 e. The molecule has 0 atom stereocenters. The summed E-state index contributed by atoms with van der Waals surface area (Å²) >= 11 is 1.39. The van der Waals surface area contributed by atoms with Crippen LogP contribution in [0.2, 0.25) is 0 Å². The Bertz CT molecular complexity index is 893. The quantitative estimate of drug-likeness (QED) is 0.774. The minimum atomic E-state index is -0.388. The fourth-order valence-electron chi connectivity index (χ4n) is 2.20. The highest BCUT2D eigenvalue weighted by Crippen LogP contribution is 2.14. The normalized spacial score (nSPS) is 11.3. The Morgan fingerprint density at radius 2 is 2.30 bits per heavy atom. The first-order valence-electron chi connectivity index (χ1n) is 7.20. The molecule has 1 N–H and O–H groups in total. The molecule has 0 unspecified atom stereocenters. The van der Waals surface area contributed by atoms with Gasteiger partial charge in [0.05, 0.1) is 17.4 Å². The monoisotopic (exact) mass is 332 g/mol. The molecule has 3 aromatic heterocycles. The van der Waals surface area contributed by atoms with Crippen LogP contribution >= 0.6 is 11.3 Å². The molecule has 3 aromatic rings. The van der Waals surface area contributed by atoms with E-state index < -0.39 is 0 Å². The van der Waals surface area contributed by atoms with Gasteiger partial charge in [0.25, 0.3) is 5.56 Å². The summed E-state index contributed by atoms with van der Waals surface area (Å²) in [6.07, 6.45) is 3.68. The van der Waals surface area contributed by atoms with Gasteiger partial charge in [0.1, 0.15) is 17.6 Å². The predicted molar refractivity (Wildman–Crippen MR) is 87.6 cm³/mol. The molecule has 0 saturated heterocycles. The van der Waals surface area contributed by atoms with E-state index in [0.717, 1.165) is 12.1 Å². The van der Waals surface area contributed by atoms with Crippen molar-refractivity contribution in [2.45, 2.75) is 26.8 Å². The van der Waals surface area contributed by atoms with Crippen molar-refractivity contribution in [3.05, 3.63) is 40.1 Å². The van der Waals surface area contributed by atoms with Crippen LogP contribution in [0.4, 0.5) is 6.01 Å². The number of anilines is 1. The molecule has 0 saturated carbocycles. The molecular formula is C15H16N4O3S. The van der Waals surface area contributed by atoms with Crippen LogP contribution in [0.25, 0.3) is 10.2 Å². The number of hydrogen-bond donors (Lipinski definition) is 1. The summed E-state index contributed by atoms with van der Waals surface area (Å²) in [5.41, 5.74) is 0.549. The Labute approximate surface area is 136 Å². The molecule has 3 heterocycles. The maximum atomic E-state index is 12.2. The first kappa shape index (κ1) is 15.4. The Morgan fingerprint density at radius 3 is 3.09 bits per heavy atom. The number of amides is 1. The van der Waals surface area contributed by atoms with Crippen molar-refractivity contribution in [2.75, 3.05) is 5.32 Å². The summed E-state index contributed by atoms with van der Waals surface area (Å²) in [7, 11) is 0. The number of nitrogens with one attached hydrogen (secondary N) is 1. The highest BCUT2D eigenvalue weighted by molar-refractivity contribution is 7.16. The number of nitrogens with zero attached hydrogens (tertiary/aromatic N) is 3. The van der Waals surface area contributed by atoms with E-state index >= 15 is 0 Å². The molecule has 3 rings (SSSR count).